The van der Waals surface area contributed by atoms with Crippen LogP contribution in [0.25, 0.3) is 0 Å². The average Bonchev–Trinajstić information content (AvgIpc) is 2.91. The molecule has 34 heavy (non-hydrogen) atoms. The van der Waals surface area contributed by atoms with E-state index in [0.717, 1.165) is 5.75 Å². The fraction of sp³-hybridized carbons (Fsp3) is 0.226. The van der Waals surface area contributed by atoms with E-state index < -0.39 is 7.92 Å². The number of nitrogens with one attached hydrogen (secondary N) is 1. The van der Waals surface area contributed by atoms with E-state index >= 15 is 0 Å². The maximum Gasteiger partial charge on any atom is 0.120 e. The van der Waals surface area contributed by atoms with Gasteiger partial charge in [-0.2, -0.15) is 0 Å². The average molecular weight is 466 g/mol. The number of hydrogen-bond acceptors (Lipinski definition) is 2. The Morgan fingerprint density at radius 2 is 1.26 bits per heavy atom. The Labute approximate surface area is 204 Å². The highest BCUT2D eigenvalue weighted by Gasteiger charge is 2.22. The zero-order valence-electron chi connectivity index (χ0n) is 19.6. The first-order valence-corrected chi connectivity index (χ1v) is 13.7. The van der Waals surface area contributed by atoms with Crippen LogP contribution in [0.5, 0.6) is 5.75 Å². The molecule has 0 spiro atoms. The van der Waals surface area contributed by atoms with Gasteiger partial charge in [0.05, 0.1) is 0 Å². The van der Waals surface area contributed by atoms with E-state index in [1.807, 2.05) is 6.07 Å². The van der Waals surface area contributed by atoms with Gasteiger partial charge in [0.2, 0.25) is 0 Å². The molecule has 3 heteroatoms. The third kappa shape index (κ3) is 5.69. The molecular weight excluding hydrogens is 433 g/mol. The second-order valence-corrected chi connectivity index (χ2v) is 11.1. The number of benzene rings is 4. The van der Waals surface area contributed by atoms with Crippen molar-refractivity contribution in [1.29, 1.82) is 0 Å². The third-order valence-corrected chi connectivity index (χ3v) is 8.93. The monoisotopic (exact) mass is 465 g/mol. The van der Waals surface area contributed by atoms with Crippen molar-refractivity contribution in [1.82, 2.24) is 0 Å². The molecule has 1 saturated carbocycles. The van der Waals surface area contributed by atoms with Crippen LogP contribution in [0, 0.1) is 0 Å². The molecule has 2 nitrogen and oxygen atoms in total. The van der Waals surface area contributed by atoms with E-state index in [2.05, 4.69) is 108 Å². The molecule has 0 aromatic heterocycles. The topological polar surface area (TPSA) is 21.3 Å². The maximum absolute atomic E-state index is 6.28. The molecule has 1 aliphatic carbocycles. The van der Waals surface area contributed by atoms with Crippen molar-refractivity contribution < 1.29 is 4.74 Å². The largest absolute Gasteiger partial charge is 0.489 e. The van der Waals surface area contributed by atoms with Gasteiger partial charge < -0.3 is 10.1 Å². The van der Waals surface area contributed by atoms with Crippen LogP contribution >= 0.6 is 7.92 Å². The highest BCUT2D eigenvalue weighted by molar-refractivity contribution is 7.80. The summed E-state index contributed by atoms with van der Waals surface area (Å²) in [7, 11) is -0.717. The van der Waals surface area contributed by atoms with Crippen molar-refractivity contribution in [3.63, 3.8) is 0 Å². The Balaban J connectivity index is 1.53. The summed E-state index contributed by atoms with van der Waals surface area (Å²) in [6.45, 7) is 0.574. The molecule has 0 atom stereocenters. The van der Waals surface area contributed by atoms with E-state index in [4.69, 9.17) is 4.74 Å². The number of rotatable bonds is 8. The summed E-state index contributed by atoms with van der Waals surface area (Å²) in [5, 5.41) is 7.98. The molecule has 0 saturated heterocycles. The maximum atomic E-state index is 6.28. The molecule has 0 amide bonds. The zero-order valence-corrected chi connectivity index (χ0v) is 20.5. The SMILES string of the molecule is c1ccc(COc2ccc(NC3CCCCC3)c(P(c3ccccc3)c3ccccc3)c2)cc1. The molecule has 4 aromatic carbocycles. The number of anilines is 1. The van der Waals surface area contributed by atoms with Crippen molar-refractivity contribution in [3.05, 3.63) is 115 Å². The summed E-state index contributed by atoms with van der Waals surface area (Å²) in [5.41, 5.74) is 2.43. The lowest BCUT2D eigenvalue weighted by molar-refractivity contribution is 0.306. The summed E-state index contributed by atoms with van der Waals surface area (Å²) in [4.78, 5) is 0. The van der Waals surface area contributed by atoms with Gasteiger partial charge in [-0.3, -0.25) is 0 Å². The van der Waals surface area contributed by atoms with Gasteiger partial charge in [-0.1, -0.05) is 110 Å². The Bertz CT molecular complexity index is 1120. The minimum absolute atomic E-state index is 0.548. The quantitative estimate of drug-likeness (QED) is 0.290. The highest BCUT2D eigenvalue weighted by atomic mass is 31.1. The van der Waals surface area contributed by atoms with Crippen LogP contribution < -0.4 is 26.0 Å². The van der Waals surface area contributed by atoms with Crippen LogP contribution in [0.2, 0.25) is 0 Å². The molecule has 0 unspecified atom stereocenters. The minimum atomic E-state index is -0.717. The summed E-state index contributed by atoms with van der Waals surface area (Å²) in [6.07, 6.45) is 6.49. The first-order valence-electron chi connectivity index (χ1n) is 12.3. The second kappa shape index (κ2) is 11.4. The van der Waals surface area contributed by atoms with Gasteiger partial charge in [-0.15, -0.1) is 0 Å². The fourth-order valence-electron chi connectivity index (χ4n) is 4.70. The predicted molar refractivity (Wildman–Crippen MR) is 146 cm³/mol. The van der Waals surface area contributed by atoms with Gasteiger partial charge >= 0.3 is 0 Å². The second-order valence-electron chi connectivity index (χ2n) is 8.94. The molecule has 0 bridgehead atoms. The molecule has 0 radical (unpaired) electrons. The van der Waals surface area contributed by atoms with E-state index in [-0.39, 0.29) is 0 Å². The van der Waals surface area contributed by atoms with Gasteiger partial charge in [0.25, 0.3) is 0 Å². The summed E-state index contributed by atoms with van der Waals surface area (Å²) in [6, 6.07) is 39.4. The molecule has 172 valence electrons. The van der Waals surface area contributed by atoms with Crippen LogP contribution in [0.4, 0.5) is 5.69 Å². The fourth-order valence-corrected chi connectivity index (χ4v) is 7.13. The summed E-state index contributed by atoms with van der Waals surface area (Å²) >= 11 is 0. The Hall–Kier alpha value is -3.09. The molecule has 0 aliphatic heterocycles. The third-order valence-electron chi connectivity index (χ3n) is 6.45. The zero-order chi connectivity index (χ0) is 23.0. The molecule has 5 rings (SSSR count). The predicted octanol–water partition coefficient (Wildman–Crippen LogP) is 6.77. The van der Waals surface area contributed by atoms with Crippen molar-refractivity contribution in [2.75, 3.05) is 5.32 Å². The van der Waals surface area contributed by atoms with Crippen LogP contribution in [0.3, 0.4) is 0 Å². The van der Waals surface area contributed by atoms with E-state index in [0.29, 0.717) is 12.6 Å². The Kier molecular flexibility index (Phi) is 7.58. The molecular formula is C31H32NOP. The van der Waals surface area contributed by atoms with Gasteiger partial charge in [0, 0.05) is 17.0 Å². The Morgan fingerprint density at radius 3 is 1.88 bits per heavy atom. The van der Waals surface area contributed by atoms with Gasteiger partial charge in [0.1, 0.15) is 12.4 Å². The first-order chi connectivity index (χ1) is 16.9. The normalized spacial score (nSPS) is 14.1. The molecule has 1 N–H and O–H groups in total. The number of ether oxygens (including phenoxy) is 1. The smallest absolute Gasteiger partial charge is 0.120 e. The van der Waals surface area contributed by atoms with Crippen LogP contribution in [0.15, 0.2) is 109 Å². The molecule has 1 aliphatic rings. The van der Waals surface area contributed by atoms with Gasteiger partial charge in [-0.05, 0) is 55.1 Å². The van der Waals surface area contributed by atoms with Gasteiger partial charge in [-0.25, -0.2) is 0 Å². The van der Waals surface area contributed by atoms with Crippen LogP contribution in [-0.2, 0) is 6.61 Å². The minimum Gasteiger partial charge on any atom is -0.489 e. The lowest BCUT2D eigenvalue weighted by atomic mass is 9.95. The molecule has 1 fully saturated rings. The molecule has 0 heterocycles. The lowest BCUT2D eigenvalue weighted by Crippen LogP contribution is -2.28. The first kappa shape index (κ1) is 22.7. The summed E-state index contributed by atoms with van der Waals surface area (Å²) < 4.78 is 6.28. The van der Waals surface area contributed by atoms with Crippen molar-refractivity contribution in [3.8, 4) is 5.75 Å². The van der Waals surface area contributed by atoms with E-state index in [9.17, 15) is 0 Å². The van der Waals surface area contributed by atoms with Crippen molar-refractivity contribution in [2.45, 2.75) is 44.8 Å². The molecule has 4 aromatic rings. The standard InChI is InChI=1S/C31H32NOP/c1-5-13-25(14-6-1)24-33-27-21-22-30(32-26-15-7-2-8-16-26)31(23-27)34(28-17-9-3-10-18-28)29-19-11-4-12-20-29/h1,3-6,9-14,17-23,26,32H,2,7-8,15-16,24H2. The van der Waals surface area contributed by atoms with Gasteiger partial charge in [0.15, 0.2) is 0 Å². The van der Waals surface area contributed by atoms with Crippen LogP contribution in [-0.4, -0.2) is 6.04 Å². The van der Waals surface area contributed by atoms with E-state index in [1.54, 1.807) is 0 Å². The van der Waals surface area contributed by atoms with Crippen LogP contribution in [0.1, 0.15) is 37.7 Å². The number of hydrogen-bond donors (Lipinski definition) is 1. The van der Waals surface area contributed by atoms with Crippen molar-refractivity contribution >= 4 is 29.5 Å². The highest BCUT2D eigenvalue weighted by Crippen LogP contribution is 2.38. The lowest BCUT2D eigenvalue weighted by Gasteiger charge is -2.28. The van der Waals surface area contributed by atoms with E-state index in [1.165, 1.54) is 59.3 Å². The summed E-state index contributed by atoms with van der Waals surface area (Å²) in [5.74, 6) is 0.924. The Morgan fingerprint density at radius 1 is 0.676 bits per heavy atom. The van der Waals surface area contributed by atoms with Crippen molar-refractivity contribution in [2.24, 2.45) is 0 Å².